The highest BCUT2D eigenvalue weighted by Gasteiger charge is 2.22. The number of hydrogen-bond donors (Lipinski definition) is 1. The summed E-state index contributed by atoms with van der Waals surface area (Å²) in [6.45, 7) is 13.4. The average molecular weight is 421 g/mol. The van der Waals surface area contributed by atoms with Crippen molar-refractivity contribution in [1.82, 2.24) is 24.3 Å². The molecule has 1 aliphatic heterocycles. The first-order chi connectivity index (χ1) is 14.9. The number of carbonyl (C=O) groups excluding carboxylic acids is 1. The number of nitrogens with zero attached hydrogens (tertiary/aromatic N) is 5. The molecule has 0 unspecified atom stereocenters. The van der Waals surface area contributed by atoms with Gasteiger partial charge in [0.1, 0.15) is 11.3 Å². The van der Waals surface area contributed by atoms with E-state index in [-0.39, 0.29) is 6.03 Å². The van der Waals surface area contributed by atoms with Gasteiger partial charge in [-0.3, -0.25) is 4.90 Å². The minimum Gasteiger partial charge on any atom is -0.322 e. The molecule has 0 spiro atoms. The number of pyridine rings is 1. The summed E-state index contributed by atoms with van der Waals surface area (Å²) in [5, 5.41) is 3.06. The molecule has 31 heavy (non-hydrogen) atoms. The van der Waals surface area contributed by atoms with E-state index in [1.807, 2.05) is 42.3 Å². The molecule has 3 aromatic rings. The number of amides is 2. The van der Waals surface area contributed by atoms with Crippen LogP contribution >= 0.6 is 0 Å². The second-order valence-electron chi connectivity index (χ2n) is 8.70. The van der Waals surface area contributed by atoms with E-state index < -0.39 is 0 Å². The van der Waals surface area contributed by atoms with E-state index in [1.165, 1.54) is 5.56 Å². The number of rotatable bonds is 5. The summed E-state index contributed by atoms with van der Waals surface area (Å²) in [4.78, 5) is 26.4. The molecule has 4 rings (SSSR count). The Bertz CT molecular complexity index is 1070. The molecule has 0 atom stereocenters. The molecule has 1 aliphatic rings. The molecule has 164 valence electrons. The molecule has 0 saturated carbocycles. The highest BCUT2D eigenvalue weighted by Crippen LogP contribution is 2.21. The number of imidazole rings is 1. The monoisotopic (exact) mass is 420 g/mol. The molecule has 0 aliphatic carbocycles. The van der Waals surface area contributed by atoms with Crippen LogP contribution in [-0.4, -0.2) is 63.1 Å². The third kappa shape index (κ3) is 4.71. The fourth-order valence-corrected chi connectivity index (χ4v) is 4.20. The van der Waals surface area contributed by atoms with Gasteiger partial charge in [0.05, 0.1) is 0 Å². The van der Waals surface area contributed by atoms with Gasteiger partial charge in [0.25, 0.3) is 0 Å². The Kier molecular flexibility index (Phi) is 6.23. The van der Waals surface area contributed by atoms with Crippen molar-refractivity contribution < 1.29 is 4.79 Å². The fraction of sp³-hybridized carbons (Fsp3) is 0.458. The van der Waals surface area contributed by atoms with Gasteiger partial charge in [-0.15, -0.1) is 0 Å². The molecule has 1 N–H and O–H groups in total. The van der Waals surface area contributed by atoms with Crippen LogP contribution in [0.2, 0.25) is 0 Å². The van der Waals surface area contributed by atoms with Gasteiger partial charge >= 0.3 is 6.03 Å². The number of urea groups is 1. The number of anilines is 1. The summed E-state index contributed by atoms with van der Waals surface area (Å²) in [6, 6.07) is 10.0. The Balaban J connectivity index is 1.33. The lowest BCUT2D eigenvalue weighted by Crippen LogP contribution is -2.50. The normalized spacial score (nSPS) is 15.1. The summed E-state index contributed by atoms with van der Waals surface area (Å²) in [5.74, 6) is 1.43. The summed E-state index contributed by atoms with van der Waals surface area (Å²) in [5.41, 5.74) is 5.09. The molecule has 1 aromatic carbocycles. The highest BCUT2D eigenvalue weighted by molar-refractivity contribution is 5.90. The average Bonchev–Trinajstić information content (AvgIpc) is 3.13. The Morgan fingerprint density at radius 1 is 1.10 bits per heavy atom. The molecule has 1 saturated heterocycles. The first-order valence-electron chi connectivity index (χ1n) is 11.1. The number of nitrogens with one attached hydrogen (secondary N) is 1. The van der Waals surface area contributed by atoms with Crippen LogP contribution in [0.15, 0.2) is 36.5 Å². The van der Waals surface area contributed by atoms with Crippen molar-refractivity contribution in [2.45, 2.75) is 40.2 Å². The Labute approximate surface area is 184 Å². The van der Waals surface area contributed by atoms with Crippen molar-refractivity contribution in [3.05, 3.63) is 53.5 Å². The van der Waals surface area contributed by atoms with Gasteiger partial charge in [0.2, 0.25) is 0 Å². The molecule has 7 nitrogen and oxygen atoms in total. The Morgan fingerprint density at radius 3 is 2.58 bits per heavy atom. The van der Waals surface area contributed by atoms with E-state index >= 15 is 0 Å². The second kappa shape index (κ2) is 9.06. The molecule has 2 amide bonds. The summed E-state index contributed by atoms with van der Waals surface area (Å²) < 4.78 is 2.25. The van der Waals surface area contributed by atoms with Crippen molar-refractivity contribution >= 4 is 22.9 Å². The van der Waals surface area contributed by atoms with Crippen molar-refractivity contribution in [3.8, 4) is 0 Å². The first kappa shape index (κ1) is 21.3. The van der Waals surface area contributed by atoms with Gasteiger partial charge in [-0.1, -0.05) is 31.5 Å². The molecule has 0 bridgehead atoms. The van der Waals surface area contributed by atoms with Gasteiger partial charge in [0, 0.05) is 57.1 Å². The maximum absolute atomic E-state index is 12.7. The van der Waals surface area contributed by atoms with Gasteiger partial charge in [-0.2, -0.15) is 0 Å². The van der Waals surface area contributed by atoms with Crippen LogP contribution in [0.1, 0.15) is 36.7 Å². The van der Waals surface area contributed by atoms with E-state index in [0.717, 1.165) is 67.5 Å². The van der Waals surface area contributed by atoms with Crippen LogP contribution in [0.25, 0.3) is 11.2 Å². The maximum atomic E-state index is 12.7. The van der Waals surface area contributed by atoms with Crippen LogP contribution < -0.4 is 5.32 Å². The van der Waals surface area contributed by atoms with E-state index in [4.69, 9.17) is 4.98 Å². The molecular formula is C24H32N6O. The fourth-order valence-electron chi connectivity index (χ4n) is 4.20. The lowest BCUT2D eigenvalue weighted by atomic mass is 10.1. The van der Waals surface area contributed by atoms with Crippen molar-refractivity contribution in [2.24, 2.45) is 0 Å². The summed E-state index contributed by atoms with van der Waals surface area (Å²) in [6.07, 6.45) is 1.83. The minimum absolute atomic E-state index is 0.0153. The topological polar surface area (TPSA) is 66.3 Å². The zero-order chi connectivity index (χ0) is 22.0. The number of aryl methyl sites for hydroxylation is 2. The number of benzene rings is 1. The summed E-state index contributed by atoms with van der Waals surface area (Å²) in [7, 11) is 0. The quantitative estimate of drug-likeness (QED) is 0.677. The molecule has 0 radical (unpaired) electrons. The minimum atomic E-state index is -0.0153. The zero-order valence-corrected chi connectivity index (χ0v) is 18.9. The second-order valence-corrected chi connectivity index (χ2v) is 8.70. The number of carbonyl (C=O) groups is 1. The standard InChI is InChI=1S/C24H32N6O/c1-17(2)22-26-21-6-5-9-25-23(21)30(22)15-12-28-10-13-29(14-11-28)24(31)27-20-8-7-18(3)16-19(20)4/h5-9,16-17H,10-15H2,1-4H3,(H,27,31). The smallest absolute Gasteiger partial charge is 0.321 e. The number of hydrogen-bond acceptors (Lipinski definition) is 4. The number of fused-ring (bicyclic) bond motifs is 1. The lowest BCUT2D eigenvalue weighted by molar-refractivity contribution is 0.144. The van der Waals surface area contributed by atoms with E-state index in [2.05, 4.69) is 46.6 Å². The Hall–Kier alpha value is -2.93. The van der Waals surface area contributed by atoms with Crippen LogP contribution in [0.4, 0.5) is 10.5 Å². The molecule has 7 heteroatoms. The van der Waals surface area contributed by atoms with Crippen LogP contribution in [0, 0.1) is 13.8 Å². The number of piperazine rings is 1. The molecule has 1 fully saturated rings. The van der Waals surface area contributed by atoms with Gasteiger partial charge in [-0.05, 0) is 37.6 Å². The molecular weight excluding hydrogens is 388 g/mol. The van der Waals surface area contributed by atoms with Crippen LogP contribution in [-0.2, 0) is 6.54 Å². The number of aromatic nitrogens is 3. The van der Waals surface area contributed by atoms with E-state index in [1.54, 1.807) is 0 Å². The van der Waals surface area contributed by atoms with Crippen molar-refractivity contribution in [3.63, 3.8) is 0 Å². The van der Waals surface area contributed by atoms with E-state index in [9.17, 15) is 4.79 Å². The largest absolute Gasteiger partial charge is 0.322 e. The van der Waals surface area contributed by atoms with Gasteiger partial charge < -0.3 is 14.8 Å². The summed E-state index contributed by atoms with van der Waals surface area (Å²) >= 11 is 0. The van der Waals surface area contributed by atoms with E-state index in [0.29, 0.717) is 5.92 Å². The van der Waals surface area contributed by atoms with Gasteiger partial charge in [0.15, 0.2) is 5.65 Å². The maximum Gasteiger partial charge on any atom is 0.321 e. The third-order valence-electron chi connectivity index (χ3n) is 5.97. The third-order valence-corrected chi connectivity index (χ3v) is 5.97. The highest BCUT2D eigenvalue weighted by atomic mass is 16.2. The predicted molar refractivity (Wildman–Crippen MR) is 125 cm³/mol. The van der Waals surface area contributed by atoms with Crippen LogP contribution in [0.5, 0.6) is 0 Å². The lowest BCUT2D eigenvalue weighted by Gasteiger charge is -2.35. The zero-order valence-electron chi connectivity index (χ0n) is 18.9. The van der Waals surface area contributed by atoms with Gasteiger partial charge in [-0.25, -0.2) is 14.8 Å². The molecule has 3 heterocycles. The SMILES string of the molecule is Cc1ccc(NC(=O)N2CCN(CCn3c(C(C)C)nc4cccnc43)CC2)c(C)c1. The van der Waals surface area contributed by atoms with Crippen molar-refractivity contribution in [2.75, 3.05) is 38.0 Å². The van der Waals surface area contributed by atoms with Crippen molar-refractivity contribution in [1.29, 1.82) is 0 Å². The van der Waals surface area contributed by atoms with Crippen LogP contribution in [0.3, 0.4) is 0 Å². The molecule has 2 aromatic heterocycles. The first-order valence-corrected chi connectivity index (χ1v) is 11.1. The Morgan fingerprint density at radius 2 is 1.87 bits per heavy atom. The predicted octanol–water partition coefficient (Wildman–Crippen LogP) is 4.02.